The highest BCUT2D eigenvalue weighted by Gasteiger charge is 2.11. The summed E-state index contributed by atoms with van der Waals surface area (Å²) in [4.78, 5) is 17.0. The van der Waals surface area contributed by atoms with Crippen molar-refractivity contribution in [3.63, 3.8) is 0 Å². The molecule has 8 heteroatoms. The zero-order valence-corrected chi connectivity index (χ0v) is 12.3. The first kappa shape index (κ1) is 16.1. The zero-order valence-electron chi connectivity index (χ0n) is 11.5. The lowest BCUT2D eigenvalue weighted by Crippen LogP contribution is -2.25. The van der Waals surface area contributed by atoms with Crippen molar-refractivity contribution < 1.29 is 18.2 Å². The Morgan fingerprint density at radius 3 is 2.23 bits per heavy atom. The first-order valence-electron chi connectivity index (χ1n) is 6.35. The van der Waals surface area contributed by atoms with E-state index in [-0.39, 0.29) is 18.0 Å². The van der Waals surface area contributed by atoms with Gasteiger partial charge in [0.05, 0.1) is 17.3 Å². The summed E-state index contributed by atoms with van der Waals surface area (Å²) in [5.41, 5.74) is 1.23. The van der Waals surface area contributed by atoms with Crippen LogP contribution in [0.2, 0.25) is 0 Å². The van der Waals surface area contributed by atoms with E-state index in [2.05, 4.69) is 0 Å². The monoisotopic (exact) mass is 322 g/mol. The van der Waals surface area contributed by atoms with Crippen LogP contribution in [0.1, 0.15) is 11.1 Å². The molecular weight excluding hydrogens is 308 g/mol. The summed E-state index contributed by atoms with van der Waals surface area (Å²) < 4.78 is 23.6. The van der Waals surface area contributed by atoms with Gasteiger partial charge >= 0.3 is 0 Å². The Bertz CT molecular complexity index is 730. The fraction of sp³-hybridized carbons (Fsp3) is 0.143. The van der Waals surface area contributed by atoms with Crippen LogP contribution in [0.5, 0.6) is 0 Å². The van der Waals surface area contributed by atoms with Crippen LogP contribution in [0.4, 0.5) is 5.69 Å². The van der Waals surface area contributed by atoms with Gasteiger partial charge in [0, 0.05) is 12.1 Å². The van der Waals surface area contributed by atoms with Crippen LogP contribution in [0.25, 0.3) is 0 Å². The number of benzene rings is 2. The number of nitro groups is 1. The quantitative estimate of drug-likeness (QED) is 0.622. The van der Waals surface area contributed by atoms with Crippen LogP contribution in [0.15, 0.2) is 54.6 Å². The topological polar surface area (TPSA) is 98.5 Å². The molecule has 116 valence electrons. The third-order valence-corrected chi connectivity index (χ3v) is 3.86. The maximum atomic E-state index is 11.8. The van der Waals surface area contributed by atoms with Crippen molar-refractivity contribution in [3.8, 4) is 0 Å². The van der Waals surface area contributed by atoms with Crippen LogP contribution in [0, 0.1) is 10.1 Å². The van der Waals surface area contributed by atoms with Crippen molar-refractivity contribution in [1.29, 1.82) is 0 Å². The van der Waals surface area contributed by atoms with Gasteiger partial charge in [0.25, 0.3) is 5.69 Å². The molecule has 0 saturated carbocycles. The van der Waals surface area contributed by atoms with E-state index in [1.165, 1.54) is 24.3 Å². The maximum Gasteiger partial charge on any atom is 0.269 e. The van der Waals surface area contributed by atoms with Crippen LogP contribution in [0.3, 0.4) is 0 Å². The van der Waals surface area contributed by atoms with E-state index in [9.17, 15) is 18.5 Å². The largest absolute Gasteiger partial charge is 0.282 e. The number of nitro benzene ring substituents is 1. The highest BCUT2D eigenvalue weighted by atomic mass is 32.2. The van der Waals surface area contributed by atoms with Crippen LogP contribution in [-0.4, -0.2) is 13.3 Å². The summed E-state index contributed by atoms with van der Waals surface area (Å²) >= 11 is 0. The van der Waals surface area contributed by atoms with Crippen molar-refractivity contribution in [1.82, 2.24) is 4.89 Å². The van der Waals surface area contributed by atoms with E-state index in [0.29, 0.717) is 11.1 Å². The number of nitrogens with zero attached hydrogens (tertiary/aromatic N) is 1. The molecule has 0 amide bonds. The van der Waals surface area contributed by atoms with Gasteiger partial charge in [-0.25, -0.2) is 8.42 Å². The van der Waals surface area contributed by atoms with Gasteiger partial charge in [-0.1, -0.05) is 35.2 Å². The zero-order chi connectivity index (χ0) is 16.0. The molecule has 0 aliphatic carbocycles. The molecule has 0 spiro atoms. The number of non-ortho nitro benzene ring substituents is 1. The summed E-state index contributed by atoms with van der Waals surface area (Å²) in [6.07, 6.45) is 0. The third-order valence-electron chi connectivity index (χ3n) is 2.77. The van der Waals surface area contributed by atoms with Crippen molar-refractivity contribution >= 4 is 15.7 Å². The normalized spacial score (nSPS) is 11.3. The van der Waals surface area contributed by atoms with Gasteiger partial charge in [-0.15, -0.1) is 0 Å². The van der Waals surface area contributed by atoms with Crippen molar-refractivity contribution in [2.75, 3.05) is 0 Å². The molecule has 22 heavy (non-hydrogen) atoms. The van der Waals surface area contributed by atoms with Gasteiger partial charge in [0.1, 0.15) is 0 Å². The number of nitrogens with one attached hydrogen (secondary N) is 1. The van der Waals surface area contributed by atoms with Gasteiger partial charge in [0.15, 0.2) is 0 Å². The van der Waals surface area contributed by atoms with Crippen molar-refractivity contribution in [2.24, 2.45) is 0 Å². The van der Waals surface area contributed by atoms with Crippen LogP contribution >= 0.6 is 0 Å². The number of rotatable bonds is 7. The number of sulfonamides is 1. The van der Waals surface area contributed by atoms with E-state index in [4.69, 9.17) is 4.84 Å². The molecule has 2 aromatic rings. The van der Waals surface area contributed by atoms with E-state index in [1.807, 2.05) is 4.89 Å². The maximum absolute atomic E-state index is 11.8. The average Bonchev–Trinajstić information content (AvgIpc) is 2.48. The molecule has 7 nitrogen and oxygen atoms in total. The smallest absolute Gasteiger partial charge is 0.269 e. The number of hydrogen-bond donors (Lipinski definition) is 1. The Morgan fingerprint density at radius 1 is 1.00 bits per heavy atom. The Hall–Kier alpha value is -2.29. The lowest BCUT2D eigenvalue weighted by Gasteiger charge is -2.07. The highest BCUT2D eigenvalue weighted by Crippen LogP contribution is 2.12. The molecule has 0 aromatic heterocycles. The molecule has 0 unspecified atom stereocenters. The molecule has 0 heterocycles. The molecule has 1 N–H and O–H groups in total. The van der Waals surface area contributed by atoms with Crippen LogP contribution in [-0.2, 0) is 27.2 Å². The molecule has 0 aliphatic rings. The molecule has 0 radical (unpaired) electrons. The van der Waals surface area contributed by atoms with Gasteiger partial charge in [-0.3, -0.25) is 15.0 Å². The summed E-state index contributed by atoms with van der Waals surface area (Å²) in [5, 5.41) is 10.5. The second kappa shape index (κ2) is 7.12. The molecule has 0 atom stereocenters. The first-order chi connectivity index (χ1) is 10.5. The average molecular weight is 322 g/mol. The van der Waals surface area contributed by atoms with Gasteiger partial charge in [-0.2, -0.15) is 0 Å². The minimum Gasteiger partial charge on any atom is -0.282 e. The van der Waals surface area contributed by atoms with Gasteiger partial charge in [0.2, 0.25) is 10.0 Å². The second-order valence-electron chi connectivity index (χ2n) is 4.54. The van der Waals surface area contributed by atoms with Crippen molar-refractivity contribution in [2.45, 2.75) is 12.4 Å². The van der Waals surface area contributed by atoms with Gasteiger partial charge in [-0.05, 0) is 23.3 Å². The minimum absolute atomic E-state index is 0.0218. The molecule has 2 rings (SSSR count). The standard InChI is InChI=1S/C14H14N2O5S/c17-16(18)14-8-6-12(7-9-14)10-21-15-22(19,20)11-13-4-2-1-3-5-13/h1-9,15H,10-11H2. The fourth-order valence-corrected chi connectivity index (χ4v) is 2.67. The predicted octanol–water partition coefficient (Wildman–Crippen LogP) is 2.15. The second-order valence-corrected chi connectivity index (χ2v) is 6.23. The molecule has 0 bridgehead atoms. The minimum atomic E-state index is -3.61. The Morgan fingerprint density at radius 2 is 1.64 bits per heavy atom. The molecule has 0 saturated heterocycles. The van der Waals surface area contributed by atoms with E-state index >= 15 is 0 Å². The summed E-state index contributed by atoms with van der Waals surface area (Å²) in [6, 6.07) is 14.4. The molecular formula is C14H14N2O5S. The van der Waals surface area contributed by atoms with Crippen molar-refractivity contribution in [3.05, 3.63) is 75.8 Å². The summed E-state index contributed by atoms with van der Waals surface area (Å²) in [5.74, 6) is -0.186. The summed E-state index contributed by atoms with van der Waals surface area (Å²) in [7, 11) is -3.61. The SMILES string of the molecule is O=[N+]([O-])c1ccc(CONS(=O)(=O)Cc2ccccc2)cc1. The first-order valence-corrected chi connectivity index (χ1v) is 8.00. The summed E-state index contributed by atoms with van der Waals surface area (Å²) in [6.45, 7) is -0.0218. The van der Waals surface area contributed by atoms with Crippen LogP contribution < -0.4 is 4.89 Å². The van der Waals surface area contributed by atoms with Gasteiger partial charge < -0.3 is 0 Å². The molecule has 0 aliphatic heterocycles. The Balaban J connectivity index is 1.86. The Kier molecular flexibility index (Phi) is 5.21. The van der Waals surface area contributed by atoms with E-state index in [1.54, 1.807) is 30.3 Å². The van der Waals surface area contributed by atoms with E-state index in [0.717, 1.165) is 0 Å². The lowest BCUT2D eigenvalue weighted by molar-refractivity contribution is -0.384. The Labute approximate surface area is 127 Å². The number of hydrogen-bond acceptors (Lipinski definition) is 5. The highest BCUT2D eigenvalue weighted by molar-refractivity contribution is 7.88. The molecule has 2 aromatic carbocycles. The lowest BCUT2D eigenvalue weighted by atomic mass is 10.2. The molecule has 0 fully saturated rings. The fourth-order valence-electron chi connectivity index (χ4n) is 1.74. The third kappa shape index (κ3) is 4.92. The van der Waals surface area contributed by atoms with E-state index < -0.39 is 14.9 Å². The predicted molar refractivity (Wildman–Crippen MR) is 80.1 cm³/mol.